The highest BCUT2D eigenvalue weighted by molar-refractivity contribution is 5.91. The predicted molar refractivity (Wildman–Crippen MR) is 141 cm³/mol. The van der Waals surface area contributed by atoms with E-state index >= 15 is 0 Å². The van der Waals surface area contributed by atoms with Crippen LogP contribution in [0.5, 0.6) is 5.75 Å². The highest BCUT2D eigenvalue weighted by Crippen LogP contribution is 2.40. The summed E-state index contributed by atoms with van der Waals surface area (Å²) in [4.78, 5) is 25.7. The van der Waals surface area contributed by atoms with Gasteiger partial charge < -0.3 is 14.6 Å². The average molecular weight is 499 g/mol. The van der Waals surface area contributed by atoms with Gasteiger partial charge in [-0.1, -0.05) is 60.7 Å². The summed E-state index contributed by atoms with van der Waals surface area (Å²) in [7, 11) is 0. The number of fused-ring (bicyclic) bond motifs is 1. The van der Waals surface area contributed by atoms with Crippen LogP contribution in [0, 0.1) is 11.8 Å². The number of carboxylic acids is 1. The summed E-state index contributed by atoms with van der Waals surface area (Å²) in [6.07, 6.45) is 3.44. The van der Waals surface area contributed by atoms with E-state index in [0.29, 0.717) is 17.6 Å². The minimum absolute atomic E-state index is 0.0590. The van der Waals surface area contributed by atoms with Crippen LogP contribution in [-0.2, 0) is 16.1 Å². The molecule has 2 aliphatic rings. The van der Waals surface area contributed by atoms with E-state index in [1.54, 1.807) is 0 Å². The van der Waals surface area contributed by atoms with Crippen molar-refractivity contribution in [1.82, 2.24) is 4.90 Å². The Balaban J connectivity index is 1.09. The van der Waals surface area contributed by atoms with Crippen LogP contribution in [-0.4, -0.2) is 41.3 Å². The molecule has 1 saturated heterocycles. The van der Waals surface area contributed by atoms with Crippen molar-refractivity contribution in [2.45, 2.75) is 25.5 Å². The fraction of sp³-hybridized carbons (Fsp3) is 0.267. The maximum absolute atomic E-state index is 12.7. The zero-order valence-corrected chi connectivity index (χ0v) is 20.5. The lowest BCUT2D eigenvalue weighted by Crippen LogP contribution is -2.25. The van der Waals surface area contributed by atoms with E-state index in [9.17, 15) is 9.59 Å². The maximum atomic E-state index is 12.7. The lowest BCUT2D eigenvalue weighted by Gasteiger charge is -2.20. The molecule has 3 atom stereocenters. The zero-order valence-electron chi connectivity index (χ0n) is 20.5. The number of nitrogens with zero attached hydrogens (tertiary/aromatic N) is 1. The Morgan fingerprint density at radius 1 is 0.919 bits per heavy atom. The van der Waals surface area contributed by atoms with E-state index in [1.807, 2.05) is 78.9 Å². The van der Waals surface area contributed by atoms with Gasteiger partial charge in [0.05, 0.1) is 18.0 Å². The molecule has 3 aromatic rings. The van der Waals surface area contributed by atoms with Crippen LogP contribution in [0.4, 0.5) is 10.5 Å². The van der Waals surface area contributed by atoms with Crippen LogP contribution < -0.4 is 10.1 Å². The molecule has 0 bridgehead atoms. The van der Waals surface area contributed by atoms with Crippen LogP contribution in [0.25, 0.3) is 11.1 Å². The number of para-hydroxylation sites is 1. The summed E-state index contributed by atoms with van der Waals surface area (Å²) in [5, 5.41) is 11.6. The Bertz CT molecular complexity index is 1240. The van der Waals surface area contributed by atoms with E-state index in [0.717, 1.165) is 55.4 Å². The number of aliphatic carboxylic acids is 1. The van der Waals surface area contributed by atoms with Crippen molar-refractivity contribution < 1.29 is 24.2 Å². The number of hydrogen-bond acceptors (Lipinski definition) is 5. The Morgan fingerprint density at radius 3 is 2.30 bits per heavy atom. The summed E-state index contributed by atoms with van der Waals surface area (Å²) >= 11 is 0. The molecule has 37 heavy (non-hydrogen) atoms. The highest BCUT2D eigenvalue weighted by atomic mass is 16.6. The lowest BCUT2D eigenvalue weighted by molar-refractivity contribution is -0.131. The SMILES string of the molecule is O=C(O)C=COc1ccc(CN2C[C@H]3C[C@H](OC(=O)Nc4ccccc4-c4ccccc4)C[C@H]3C2)cc1. The molecule has 1 amide bonds. The van der Waals surface area contributed by atoms with Gasteiger partial charge >= 0.3 is 12.1 Å². The van der Waals surface area contributed by atoms with Gasteiger partial charge in [0.15, 0.2) is 0 Å². The van der Waals surface area contributed by atoms with Gasteiger partial charge in [0.2, 0.25) is 0 Å². The fourth-order valence-corrected chi connectivity index (χ4v) is 5.42. The first-order valence-electron chi connectivity index (χ1n) is 12.5. The number of ether oxygens (including phenoxy) is 2. The van der Waals surface area contributed by atoms with Gasteiger partial charge in [0, 0.05) is 25.2 Å². The molecule has 7 nitrogen and oxygen atoms in total. The molecule has 1 aliphatic heterocycles. The molecule has 7 heteroatoms. The van der Waals surface area contributed by atoms with Gasteiger partial charge in [-0.15, -0.1) is 0 Å². The van der Waals surface area contributed by atoms with E-state index < -0.39 is 12.1 Å². The minimum atomic E-state index is -1.04. The second-order valence-electron chi connectivity index (χ2n) is 9.65. The number of carboxylic acid groups (broad SMARTS) is 1. The number of benzene rings is 3. The van der Waals surface area contributed by atoms with Crippen molar-refractivity contribution >= 4 is 17.7 Å². The summed E-state index contributed by atoms with van der Waals surface area (Å²) in [5.74, 6) is 0.610. The molecule has 0 aromatic heterocycles. The number of hydrogen-bond donors (Lipinski definition) is 2. The molecule has 2 fully saturated rings. The molecular formula is C30H30N2O5. The highest BCUT2D eigenvalue weighted by Gasteiger charge is 2.42. The number of rotatable bonds is 8. The van der Waals surface area contributed by atoms with Crippen molar-refractivity contribution in [1.29, 1.82) is 0 Å². The molecule has 190 valence electrons. The topological polar surface area (TPSA) is 88.1 Å². The van der Waals surface area contributed by atoms with Crippen LogP contribution in [0.2, 0.25) is 0 Å². The van der Waals surface area contributed by atoms with E-state index in [-0.39, 0.29) is 6.10 Å². The molecule has 0 radical (unpaired) electrons. The smallest absolute Gasteiger partial charge is 0.411 e. The number of amides is 1. The third-order valence-electron chi connectivity index (χ3n) is 7.05. The van der Waals surface area contributed by atoms with Crippen molar-refractivity contribution in [3.05, 3.63) is 96.8 Å². The molecule has 0 unspecified atom stereocenters. The summed E-state index contributed by atoms with van der Waals surface area (Å²) in [6, 6.07) is 25.5. The van der Waals surface area contributed by atoms with Crippen LogP contribution in [0.15, 0.2) is 91.2 Å². The first kappa shape index (κ1) is 24.6. The van der Waals surface area contributed by atoms with Crippen LogP contribution in [0.1, 0.15) is 18.4 Å². The van der Waals surface area contributed by atoms with Gasteiger partial charge in [-0.3, -0.25) is 10.2 Å². The van der Waals surface area contributed by atoms with Gasteiger partial charge in [-0.25, -0.2) is 9.59 Å². The first-order chi connectivity index (χ1) is 18.0. The summed E-state index contributed by atoms with van der Waals surface area (Å²) in [5.41, 5.74) is 3.94. The fourth-order valence-electron chi connectivity index (χ4n) is 5.42. The van der Waals surface area contributed by atoms with E-state index in [2.05, 4.69) is 10.2 Å². The molecule has 0 spiro atoms. The molecule has 5 rings (SSSR count). The van der Waals surface area contributed by atoms with E-state index in [1.165, 1.54) is 11.8 Å². The zero-order chi connectivity index (χ0) is 25.6. The van der Waals surface area contributed by atoms with Gasteiger partial charge in [-0.2, -0.15) is 0 Å². The van der Waals surface area contributed by atoms with Crippen molar-refractivity contribution in [2.24, 2.45) is 11.8 Å². The van der Waals surface area contributed by atoms with Crippen molar-refractivity contribution in [2.75, 3.05) is 18.4 Å². The Kier molecular flexibility index (Phi) is 7.51. The van der Waals surface area contributed by atoms with Crippen LogP contribution >= 0.6 is 0 Å². The normalized spacial score (nSPS) is 21.0. The number of anilines is 1. The van der Waals surface area contributed by atoms with Gasteiger partial charge in [0.25, 0.3) is 0 Å². The number of carbonyl (C=O) groups excluding carboxylic acids is 1. The Morgan fingerprint density at radius 2 is 1.59 bits per heavy atom. The Labute approximate surface area is 216 Å². The Hall–Kier alpha value is -4.10. The molecular weight excluding hydrogens is 468 g/mol. The monoisotopic (exact) mass is 498 g/mol. The second-order valence-corrected chi connectivity index (χ2v) is 9.65. The molecule has 1 heterocycles. The third kappa shape index (κ3) is 6.37. The second kappa shape index (κ2) is 11.3. The number of carbonyl (C=O) groups is 2. The van der Waals surface area contributed by atoms with Gasteiger partial charge in [-0.05, 0) is 54.0 Å². The predicted octanol–water partition coefficient (Wildman–Crippen LogP) is 5.79. The van der Waals surface area contributed by atoms with Crippen LogP contribution in [0.3, 0.4) is 0 Å². The average Bonchev–Trinajstić information content (AvgIpc) is 3.43. The number of nitrogens with one attached hydrogen (secondary N) is 1. The van der Waals surface area contributed by atoms with Gasteiger partial charge in [0.1, 0.15) is 11.9 Å². The molecule has 2 N–H and O–H groups in total. The molecule has 3 aromatic carbocycles. The first-order valence-corrected chi connectivity index (χ1v) is 12.5. The lowest BCUT2D eigenvalue weighted by atomic mass is 10.0. The number of likely N-dealkylation sites (tertiary alicyclic amines) is 1. The quantitative estimate of drug-likeness (QED) is 0.302. The van der Waals surface area contributed by atoms with Crippen molar-refractivity contribution in [3.63, 3.8) is 0 Å². The minimum Gasteiger partial charge on any atom is -0.478 e. The maximum Gasteiger partial charge on any atom is 0.411 e. The third-order valence-corrected chi connectivity index (χ3v) is 7.05. The summed E-state index contributed by atoms with van der Waals surface area (Å²) < 4.78 is 11.1. The molecule has 1 saturated carbocycles. The van der Waals surface area contributed by atoms with Crippen molar-refractivity contribution in [3.8, 4) is 16.9 Å². The largest absolute Gasteiger partial charge is 0.478 e. The summed E-state index contributed by atoms with van der Waals surface area (Å²) in [6.45, 7) is 2.83. The van der Waals surface area contributed by atoms with E-state index in [4.69, 9.17) is 14.6 Å². The standard InChI is InChI=1S/C30H30N2O5/c33-29(34)14-15-36-25-12-10-21(11-13-25)18-32-19-23-16-26(17-24(23)20-32)37-30(35)31-28-9-5-4-8-27(28)22-6-2-1-3-7-22/h1-15,23-24,26H,16-20H2,(H,31,35)(H,33,34)/t23-,24+,26+. The molecule has 1 aliphatic carbocycles.